The number of carbonyl (C=O) groups is 2. The molecule has 0 N–H and O–H groups in total. The third kappa shape index (κ3) is 1.80. The van der Waals surface area contributed by atoms with Gasteiger partial charge in [-0.2, -0.15) is 0 Å². The summed E-state index contributed by atoms with van der Waals surface area (Å²) in [5.74, 6) is 0.809. The molecule has 2 bridgehead atoms. The van der Waals surface area contributed by atoms with Crippen LogP contribution in [0.25, 0.3) is 11.1 Å². The molecule has 2 heterocycles. The van der Waals surface area contributed by atoms with Crippen LogP contribution < -0.4 is 4.90 Å². The Morgan fingerprint density at radius 3 is 2.17 bits per heavy atom. The van der Waals surface area contributed by atoms with E-state index >= 15 is 0 Å². The van der Waals surface area contributed by atoms with Crippen LogP contribution in [0.1, 0.15) is 19.3 Å². The number of amides is 2. The van der Waals surface area contributed by atoms with Gasteiger partial charge in [0.25, 0.3) is 0 Å². The first kappa shape index (κ1) is 13.4. The van der Waals surface area contributed by atoms with Gasteiger partial charge in [-0.3, -0.25) is 14.5 Å². The van der Waals surface area contributed by atoms with E-state index in [1.165, 1.54) is 16.4 Å². The van der Waals surface area contributed by atoms with Crippen LogP contribution in [0.2, 0.25) is 0 Å². The summed E-state index contributed by atoms with van der Waals surface area (Å²) in [6.07, 6.45) is 5.13. The molecule has 23 heavy (non-hydrogen) atoms. The van der Waals surface area contributed by atoms with Gasteiger partial charge in [-0.1, -0.05) is 12.1 Å². The number of hydrogen-bond donors (Lipinski definition) is 0. The van der Waals surface area contributed by atoms with Crippen LogP contribution in [-0.2, 0) is 9.59 Å². The normalized spacial score (nSPS) is 31.9. The van der Waals surface area contributed by atoms with E-state index in [-0.39, 0.29) is 23.7 Å². The summed E-state index contributed by atoms with van der Waals surface area (Å²) in [6.45, 7) is 0. The first-order valence-electron chi connectivity index (χ1n) is 8.11. The van der Waals surface area contributed by atoms with E-state index in [1.54, 1.807) is 0 Å². The summed E-state index contributed by atoms with van der Waals surface area (Å²) in [6, 6.07) is 7.68. The highest BCUT2D eigenvalue weighted by Gasteiger charge is 2.61. The Hall–Kier alpha value is -2.01. The first-order chi connectivity index (χ1) is 11.2. The van der Waals surface area contributed by atoms with Gasteiger partial charge in [0, 0.05) is 17.1 Å². The van der Waals surface area contributed by atoms with Crippen LogP contribution in [0.3, 0.4) is 0 Å². The zero-order chi connectivity index (χ0) is 15.6. The molecule has 1 saturated heterocycles. The minimum absolute atomic E-state index is 0.0251. The lowest BCUT2D eigenvalue weighted by Crippen LogP contribution is -2.32. The van der Waals surface area contributed by atoms with Crippen molar-refractivity contribution in [1.82, 2.24) is 4.37 Å². The van der Waals surface area contributed by atoms with Crippen LogP contribution >= 0.6 is 11.5 Å². The lowest BCUT2D eigenvalue weighted by Gasteiger charge is -2.19. The Labute approximate surface area is 138 Å². The summed E-state index contributed by atoms with van der Waals surface area (Å²) < 4.78 is 4.11. The molecule has 0 unspecified atom stereocenters. The molecule has 5 rings (SSSR count). The Kier molecular flexibility index (Phi) is 2.77. The zero-order valence-corrected chi connectivity index (χ0v) is 13.3. The quantitative estimate of drug-likeness (QED) is 0.796. The lowest BCUT2D eigenvalue weighted by atomic mass is 9.81. The van der Waals surface area contributed by atoms with E-state index in [4.69, 9.17) is 0 Å². The Bertz CT molecular complexity index is 756. The van der Waals surface area contributed by atoms with E-state index in [1.807, 2.05) is 35.8 Å². The van der Waals surface area contributed by atoms with Crippen molar-refractivity contribution in [3.8, 4) is 11.1 Å². The summed E-state index contributed by atoms with van der Waals surface area (Å²) in [5.41, 5.74) is 2.83. The van der Waals surface area contributed by atoms with Gasteiger partial charge in [0.15, 0.2) is 0 Å². The Morgan fingerprint density at radius 1 is 0.957 bits per heavy atom. The lowest BCUT2D eigenvalue weighted by molar-refractivity contribution is -0.123. The average molecular weight is 324 g/mol. The summed E-state index contributed by atoms with van der Waals surface area (Å²) in [5, 5.41) is 1.99. The maximum atomic E-state index is 12.8. The predicted octanol–water partition coefficient (Wildman–Crippen LogP) is 3.35. The fourth-order valence-electron chi connectivity index (χ4n) is 4.81. The molecule has 2 saturated carbocycles. The number of nitrogens with zero attached hydrogens (tertiary/aromatic N) is 2. The van der Waals surface area contributed by atoms with Crippen molar-refractivity contribution < 1.29 is 9.59 Å². The van der Waals surface area contributed by atoms with Gasteiger partial charge in [-0.05, 0) is 60.3 Å². The SMILES string of the molecule is O=C1[C@@H]2[C@H]3CC[C@@H](C3)[C@@H]2C(=O)N1c1ccc(-c2cnsc2)cc1. The number of rotatable bonds is 2. The number of aromatic nitrogens is 1. The second-order valence-electron chi connectivity index (χ2n) is 6.86. The van der Waals surface area contributed by atoms with Crippen LogP contribution in [0.5, 0.6) is 0 Å². The zero-order valence-electron chi connectivity index (χ0n) is 12.5. The smallest absolute Gasteiger partial charge is 0.237 e. The van der Waals surface area contributed by atoms with Crippen LogP contribution in [0, 0.1) is 23.7 Å². The minimum atomic E-state index is -0.0537. The van der Waals surface area contributed by atoms with E-state index in [0.717, 1.165) is 30.4 Å². The van der Waals surface area contributed by atoms with Crippen LogP contribution in [0.4, 0.5) is 5.69 Å². The number of imide groups is 1. The number of carbonyl (C=O) groups excluding carboxylic acids is 2. The highest BCUT2D eigenvalue weighted by molar-refractivity contribution is 7.03. The molecule has 0 radical (unpaired) electrons. The van der Waals surface area contributed by atoms with Crippen molar-refractivity contribution in [2.24, 2.45) is 23.7 Å². The molecule has 116 valence electrons. The first-order valence-corrected chi connectivity index (χ1v) is 8.95. The molecule has 4 atom stereocenters. The van der Waals surface area contributed by atoms with Gasteiger partial charge in [0.1, 0.15) is 0 Å². The summed E-state index contributed by atoms with van der Waals surface area (Å²) in [7, 11) is 0. The van der Waals surface area contributed by atoms with E-state index < -0.39 is 0 Å². The Morgan fingerprint density at radius 2 is 1.61 bits per heavy atom. The molecule has 1 aliphatic heterocycles. The Balaban J connectivity index is 1.48. The molecule has 0 spiro atoms. The number of benzene rings is 1. The monoisotopic (exact) mass is 324 g/mol. The minimum Gasteiger partial charge on any atom is -0.274 e. The fraction of sp³-hybridized carbons (Fsp3) is 0.389. The third-order valence-corrected chi connectivity index (χ3v) is 6.41. The van der Waals surface area contributed by atoms with E-state index in [0.29, 0.717) is 17.5 Å². The van der Waals surface area contributed by atoms with Crippen molar-refractivity contribution in [3.05, 3.63) is 35.8 Å². The maximum Gasteiger partial charge on any atom is 0.237 e. The van der Waals surface area contributed by atoms with Gasteiger partial charge in [-0.25, -0.2) is 4.37 Å². The van der Waals surface area contributed by atoms with Crippen molar-refractivity contribution in [2.75, 3.05) is 4.90 Å². The number of fused-ring (bicyclic) bond motifs is 5. The van der Waals surface area contributed by atoms with Gasteiger partial charge in [0.05, 0.1) is 17.5 Å². The molecule has 1 aromatic carbocycles. The van der Waals surface area contributed by atoms with Crippen LogP contribution in [0.15, 0.2) is 35.8 Å². The molecule has 1 aromatic heterocycles. The van der Waals surface area contributed by atoms with E-state index in [9.17, 15) is 9.59 Å². The van der Waals surface area contributed by atoms with Crippen molar-refractivity contribution in [1.29, 1.82) is 0 Å². The fourth-order valence-corrected chi connectivity index (χ4v) is 5.36. The number of anilines is 1. The molecule has 2 amide bonds. The predicted molar refractivity (Wildman–Crippen MR) is 87.9 cm³/mol. The molecule has 3 aliphatic rings. The standard InChI is InChI=1S/C18H16N2O2S/c21-17-15-11-1-2-12(7-11)16(15)18(22)20(17)14-5-3-10(4-6-14)13-8-19-23-9-13/h3-6,8-9,11-12,15-16H,1-2,7H2/t11-,12-,15-,16+/m0/s1. The molecule has 4 nitrogen and oxygen atoms in total. The molecule has 5 heteroatoms. The van der Waals surface area contributed by atoms with Crippen LogP contribution in [-0.4, -0.2) is 16.2 Å². The molecular formula is C18H16N2O2S. The average Bonchev–Trinajstić information content (AvgIpc) is 3.33. The van der Waals surface area contributed by atoms with Gasteiger partial charge in [-0.15, -0.1) is 0 Å². The van der Waals surface area contributed by atoms with Crippen molar-refractivity contribution >= 4 is 29.0 Å². The summed E-state index contributed by atoms with van der Waals surface area (Å²) in [4.78, 5) is 27.0. The molecular weight excluding hydrogens is 308 g/mol. The highest BCUT2D eigenvalue weighted by atomic mass is 32.1. The third-order valence-electron chi connectivity index (χ3n) is 5.82. The van der Waals surface area contributed by atoms with Crippen molar-refractivity contribution in [3.63, 3.8) is 0 Å². The van der Waals surface area contributed by atoms with Gasteiger partial charge >= 0.3 is 0 Å². The highest BCUT2D eigenvalue weighted by Crippen LogP contribution is 2.56. The number of hydrogen-bond acceptors (Lipinski definition) is 4. The second-order valence-corrected chi connectivity index (χ2v) is 7.51. The molecule has 2 aromatic rings. The van der Waals surface area contributed by atoms with Gasteiger partial charge in [0.2, 0.25) is 11.8 Å². The van der Waals surface area contributed by atoms with Gasteiger partial charge < -0.3 is 0 Å². The largest absolute Gasteiger partial charge is 0.274 e. The van der Waals surface area contributed by atoms with E-state index in [2.05, 4.69) is 4.37 Å². The molecule has 3 fully saturated rings. The topological polar surface area (TPSA) is 50.3 Å². The van der Waals surface area contributed by atoms with Crippen molar-refractivity contribution in [2.45, 2.75) is 19.3 Å². The maximum absolute atomic E-state index is 12.8. The summed E-state index contributed by atoms with van der Waals surface area (Å²) >= 11 is 1.41. The molecule has 2 aliphatic carbocycles. The second kappa shape index (κ2) is 4.74.